The second-order valence-corrected chi connectivity index (χ2v) is 6.75. The van der Waals surface area contributed by atoms with Crippen LogP contribution >= 0.6 is 22.9 Å². The van der Waals surface area contributed by atoms with Gasteiger partial charge in [0.15, 0.2) is 6.61 Å². The van der Waals surface area contributed by atoms with Gasteiger partial charge in [-0.1, -0.05) is 23.7 Å². The van der Waals surface area contributed by atoms with Gasteiger partial charge >= 0.3 is 5.97 Å². The first-order valence-corrected chi connectivity index (χ1v) is 9.28. The molecule has 0 aliphatic rings. The number of para-hydroxylation sites is 1. The van der Waals surface area contributed by atoms with Crippen LogP contribution in [0.2, 0.25) is 5.02 Å². The average molecular weight is 411 g/mol. The summed E-state index contributed by atoms with van der Waals surface area (Å²) in [5.74, 6) is -1.09. The Morgan fingerprint density at radius 3 is 2.56 bits per heavy atom. The highest BCUT2D eigenvalue weighted by molar-refractivity contribution is 7.18. The van der Waals surface area contributed by atoms with Gasteiger partial charge in [0.2, 0.25) is 0 Å². The van der Waals surface area contributed by atoms with Gasteiger partial charge in [0.1, 0.15) is 10.8 Å². The Morgan fingerprint density at radius 1 is 1.22 bits per heavy atom. The number of rotatable bonds is 7. The van der Waals surface area contributed by atoms with Gasteiger partial charge in [-0.3, -0.25) is 9.59 Å². The normalized spacial score (nSPS) is 10.2. The maximum atomic E-state index is 12.3. The Hall–Kier alpha value is -2.58. The van der Waals surface area contributed by atoms with Gasteiger partial charge < -0.3 is 20.1 Å². The molecule has 2 amide bonds. The molecule has 0 saturated heterocycles. The Morgan fingerprint density at radius 2 is 1.93 bits per heavy atom. The standard InChI is InChI=1S/C18H19ClN2O5S/c1-4-25-18(24)14-10(2)15(16(23)20-3)27-17(14)21-13(22)9-26-12-8-6-5-7-11(12)19/h5-8H,4,9H2,1-3H3,(H,20,23)(H,21,22). The fourth-order valence-corrected chi connectivity index (χ4v) is 3.60. The molecule has 1 heterocycles. The predicted octanol–water partition coefficient (Wildman–Crippen LogP) is 3.26. The summed E-state index contributed by atoms with van der Waals surface area (Å²) in [6.07, 6.45) is 0. The molecule has 0 saturated carbocycles. The van der Waals surface area contributed by atoms with Gasteiger partial charge in [-0.2, -0.15) is 0 Å². The molecule has 9 heteroatoms. The van der Waals surface area contributed by atoms with Crippen molar-refractivity contribution in [2.45, 2.75) is 13.8 Å². The lowest BCUT2D eigenvalue weighted by Crippen LogP contribution is -2.21. The van der Waals surface area contributed by atoms with Crippen molar-refractivity contribution in [2.24, 2.45) is 0 Å². The fourth-order valence-electron chi connectivity index (χ4n) is 2.25. The van der Waals surface area contributed by atoms with Crippen molar-refractivity contribution in [3.63, 3.8) is 0 Å². The van der Waals surface area contributed by atoms with Crippen LogP contribution in [-0.4, -0.2) is 38.0 Å². The number of ether oxygens (including phenoxy) is 2. The maximum absolute atomic E-state index is 12.3. The van der Waals surface area contributed by atoms with E-state index < -0.39 is 11.9 Å². The van der Waals surface area contributed by atoms with E-state index in [0.717, 1.165) is 11.3 Å². The first-order chi connectivity index (χ1) is 12.9. The number of esters is 1. The van der Waals surface area contributed by atoms with Gasteiger partial charge in [-0.25, -0.2) is 4.79 Å². The molecule has 0 unspecified atom stereocenters. The lowest BCUT2D eigenvalue weighted by molar-refractivity contribution is -0.118. The van der Waals surface area contributed by atoms with Crippen LogP contribution in [0.3, 0.4) is 0 Å². The lowest BCUT2D eigenvalue weighted by Gasteiger charge is -2.09. The third kappa shape index (κ3) is 4.99. The molecule has 144 valence electrons. The van der Waals surface area contributed by atoms with Crippen molar-refractivity contribution in [1.29, 1.82) is 0 Å². The van der Waals surface area contributed by atoms with E-state index in [1.165, 1.54) is 7.05 Å². The van der Waals surface area contributed by atoms with Crippen LogP contribution in [0.1, 0.15) is 32.5 Å². The highest BCUT2D eigenvalue weighted by atomic mass is 35.5. The number of carbonyl (C=O) groups is 3. The summed E-state index contributed by atoms with van der Waals surface area (Å²) in [6, 6.07) is 6.76. The van der Waals surface area contributed by atoms with E-state index in [-0.39, 0.29) is 29.7 Å². The predicted molar refractivity (Wildman–Crippen MR) is 104 cm³/mol. The third-order valence-corrected chi connectivity index (χ3v) is 5.03. The summed E-state index contributed by atoms with van der Waals surface area (Å²) in [4.78, 5) is 36.9. The fraction of sp³-hybridized carbons (Fsp3) is 0.278. The zero-order valence-corrected chi connectivity index (χ0v) is 16.6. The van der Waals surface area contributed by atoms with Gasteiger partial charge in [-0.15, -0.1) is 11.3 Å². The Labute approximate surface area is 165 Å². The van der Waals surface area contributed by atoms with E-state index >= 15 is 0 Å². The van der Waals surface area contributed by atoms with Crippen molar-refractivity contribution >= 4 is 45.7 Å². The van der Waals surface area contributed by atoms with Crippen molar-refractivity contribution in [1.82, 2.24) is 5.32 Å². The number of amides is 2. The summed E-state index contributed by atoms with van der Waals surface area (Å²) in [6.45, 7) is 3.17. The molecule has 0 bridgehead atoms. The molecular formula is C18H19ClN2O5S. The zero-order valence-electron chi connectivity index (χ0n) is 15.1. The molecule has 1 aromatic heterocycles. The minimum absolute atomic E-state index is 0.159. The Kier molecular flexibility index (Phi) is 7.20. The smallest absolute Gasteiger partial charge is 0.341 e. The molecule has 0 aliphatic heterocycles. The van der Waals surface area contributed by atoms with Gasteiger partial charge in [0.05, 0.1) is 22.1 Å². The molecule has 2 aromatic rings. The van der Waals surface area contributed by atoms with Crippen LogP contribution in [-0.2, 0) is 9.53 Å². The van der Waals surface area contributed by atoms with Crippen molar-refractivity contribution in [2.75, 3.05) is 25.6 Å². The monoisotopic (exact) mass is 410 g/mol. The van der Waals surface area contributed by atoms with Crippen molar-refractivity contribution in [3.05, 3.63) is 45.3 Å². The van der Waals surface area contributed by atoms with Crippen molar-refractivity contribution < 1.29 is 23.9 Å². The summed E-state index contributed by atoms with van der Waals surface area (Å²) >= 11 is 6.98. The highest BCUT2D eigenvalue weighted by Gasteiger charge is 2.26. The first-order valence-electron chi connectivity index (χ1n) is 8.08. The molecule has 0 aliphatic carbocycles. The highest BCUT2D eigenvalue weighted by Crippen LogP contribution is 2.34. The topological polar surface area (TPSA) is 93.7 Å². The van der Waals surface area contributed by atoms with Crippen LogP contribution in [0.15, 0.2) is 24.3 Å². The first kappa shape index (κ1) is 20.7. The van der Waals surface area contributed by atoms with Crippen LogP contribution in [0.4, 0.5) is 5.00 Å². The molecule has 0 radical (unpaired) electrons. The van der Waals surface area contributed by atoms with E-state index in [1.54, 1.807) is 38.1 Å². The molecule has 2 N–H and O–H groups in total. The van der Waals surface area contributed by atoms with Crippen molar-refractivity contribution in [3.8, 4) is 5.75 Å². The number of hydrogen-bond donors (Lipinski definition) is 2. The van der Waals surface area contributed by atoms with E-state index in [9.17, 15) is 14.4 Å². The second-order valence-electron chi connectivity index (χ2n) is 5.33. The van der Waals surface area contributed by atoms with E-state index in [0.29, 0.717) is 21.2 Å². The Bertz CT molecular complexity index is 865. The number of benzene rings is 1. The molecule has 7 nitrogen and oxygen atoms in total. The summed E-state index contributed by atoms with van der Waals surface area (Å²) in [5.41, 5.74) is 0.603. The van der Waals surface area contributed by atoms with E-state index in [4.69, 9.17) is 21.1 Å². The SMILES string of the molecule is CCOC(=O)c1c(NC(=O)COc2ccccc2Cl)sc(C(=O)NC)c1C. The number of nitrogens with one attached hydrogen (secondary N) is 2. The molecular weight excluding hydrogens is 392 g/mol. The molecule has 27 heavy (non-hydrogen) atoms. The number of carbonyl (C=O) groups excluding carboxylic acids is 3. The van der Waals surface area contributed by atoms with E-state index in [2.05, 4.69) is 10.6 Å². The molecule has 2 rings (SSSR count). The summed E-state index contributed by atoms with van der Waals surface area (Å²) in [5, 5.41) is 5.73. The second kappa shape index (κ2) is 9.38. The summed E-state index contributed by atoms with van der Waals surface area (Å²) in [7, 11) is 1.49. The molecule has 0 spiro atoms. The Balaban J connectivity index is 2.20. The number of thiophene rings is 1. The molecule has 1 aromatic carbocycles. The van der Waals surface area contributed by atoms with Gasteiger partial charge in [0.25, 0.3) is 11.8 Å². The van der Waals surface area contributed by atoms with Gasteiger partial charge in [-0.05, 0) is 31.5 Å². The quantitative estimate of drug-likeness (QED) is 0.683. The van der Waals surface area contributed by atoms with E-state index in [1.807, 2.05) is 0 Å². The molecule has 0 fully saturated rings. The lowest BCUT2D eigenvalue weighted by atomic mass is 10.1. The maximum Gasteiger partial charge on any atom is 0.341 e. The van der Waals surface area contributed by atoms with Crippen LogP contribution in [0.5, 0.6) is 5.75 Å². The van der Waals surface area contributed by atoms with Crippen LogP contribution in [0.25, 0.3) is 0 Å². The summed E-state index contributed by atoms with van der Waals surface area (Å²) < 4.78 is 10.4. The largest absolute Gasteiger partial charge is 0.482 e. The third-order valence-electron chi connectivity index (χ3n) is 3.51. The number of anilines is 1. The van der Waals surface area contributed by atoms with Crippen LogP contribution in [0, 0.1) is 6.92 Å². The number of halogens is 1. The number of hydrogen-bond acceptors (Lipinski definition) is 6. The van der Waals surface area contributed by atoms with Gasteiger partial charge in [0, 0.05) is 7.05 Å². The minimum Gasteiger partial charge on any atom is -0.482 e. The molecule has 0 atom stereocenters. The minimum atomic E-state index is -0.608. The van der Waals surface area contributed by atoms with Crippen LogP contribution < -0.4 is 15.4 Å². The zero-order chi connectivity index (χ0) is 20.0. The average Bonchev–Trinajstić information content (AvgIpc) is 2.96.